The van der Waals surface area contributed by atoms with Gasteiger partial charge in [-0.1, -0.05) is 42.8 Å². The Hall–Kier alpha value is -1.47. The van der Waals surface area contributed by atoms with Gasteiger partial charge in [-0.3, -0.25) is 0 Å². The van der Waals surface area contributed by atoms with Gasteiger partial charge in [-0.2, -0.15) is 0 Å². The molecule has 1 heterocycles. The van der Waals surface area contributed by atoms with Gasteiger partial charge in [0.1, 0.15) is 0 Å². The topological polar surface area (TPSA) is 15.8 Å². The average Bonchev–Trinajstić information content (AvgIpc) is 2.81. The molecule has 0 saturated heterocycles. The molecule has 1 N–H and O–H groups in total. The zero-order valence-corrected chi connectivity index (χ0v) is 10.7. The van der Waals surface area contributed by atoms with Crippen LogP contribution < -0.4 is 0 Å². The maximum Gasteiger partial charge on any atom is 0.0447 e. The minimum absolute atomic E-state index is 0.129. The molecule has 0 bridgehead atoms. The second kappa shape index (κ2) is 5.24. The Kier molecular flexibility index (Phi) is 3.70. The van der Waals surface area contributed by atoms with Gasteiger partial charge in [0.2, 0.25) is 0 Å². The number of hydrogen-bond donors (Lipinski definition) is 1. The third-order valence-electron chi connectivity index (χ3n) is 2.96. The third-order valence-corrected chi connectivity index (χ3v) is 3.31. The van der Waals surface area contributed by atoms with E-state index in [1.54, 1.807) is 0 Å². The number of hydrogen-bond acceptors (Lipinski definition) is 0. The Balaban J connectivity index is 2.40. The zero-order chi connectivity index (χ0) is 12.3. The number of nitrogens with one attached hydrogen (secondary N) is 1. The molecular formula is C15H16ClN. The first kappa shape index (κ1) is 12.0. The Morgan fingerprint density at radius 1 is 1.29 bits per heavy atom. The number of halogens is 1. The fraction of sp³-hybridized carbons (Fsp3) is 0.200. The van der Waals surface area contributed by atoms with E-state index in [1.807, 2.05) is 30.3 Å². The van der Waals surface area contributed by atoms with Gasteiger partial charge in [-0.05, 0) is 30.2 Å². The summed E-state index contributed by atoms with van der Waals surface area (Å²) in [5.41, 5.74) is 3.47. The van der Waals surface area contributed by atoms with E-state index in [2.05, 4.69) is 30.6 Å². The summed E-state index contributed by atoms with van der Waals surface area (Å²) in [4.78, 5) is 3.41. The van der Waals surface area contributed by atoms with Gasteiger partial charge in [0.05, 0.1) is 0 Å². The number of allylic oxidation sites excluding steroid dienone is 1. The van der Waals surface area contributed by atoms with E-state index >= 15 is 0 Å². The fourth-order valence-electron chi connectivity index (χ4n) is 2.00. The van der Waals surface area contributed by atoms with Crippen LogP contribution in [0, 0.1) is 0 Å². The molecule has 0 saturated carbocycles. The van der Waals surface area contributed by atoms with E-state index in [9.17, 15) is 0 Å². The van der Waals surface area contributed by atoms with E-state index in [-0.39, 0.29) is 5.92 Å². The van der Waals surface area contributed by atoms with Crippen LogP contribution in [0.2, 0.25) is 5.02 Å². The molecule has 0 amide bonds. The SMILES string of the molecule is C=CC(c1ccc(CC)[nH]1)c1ccccc1Cl. The third kappa shape index (κ3) is 2.45. The van der Waals surface area contributed by atoms with Gasteiger partial charge >= 0.3 is 0 Å². The van der Waals surface area contributed by atoms with Crippen molar-refractivity contribution in [1.82, 2.24) is 4.98 Å². The van der Waals surface area contributed by atoms with E-state index < -0.39 is 0 Å². The molecule has 2 aromatic rings. The summed E-state index contributed by atoms with van der Waals surface area (Å²) in [6, 6.07) is 12.1. The van der Waals surface area contributed by atoms with Crippen LogP contribution in [0.4, 0.5) is 0 Å². The smallest absolute Gasteiger partial charge is 0.0447 e. The summed E-state index contributed by atoms with van der Waals surface area (Å²) >= 11 is 6.23. The predicted octanol–water partition coefficient (Wildman–Crippen LogP) is 4.55. The lowest BCUT2D eigenvalue weighted by molar-refractivity contribution is 0.944. The molecular weight excluding hydrogens is 230 g/mol. The highest BCUT2D eigenvalue weighted by Crippen LogP contribution is 2.30. The van der Waals surface area contributed by atoms with Crippen LogP contribution in [0.5, 0.6) is 0 Å². The first-order valence-corrected chi connectivity index (χ1v) is 6.18. The number of rotatable bonds is 4. The van der Waals surface area contributed by atoms with E-state index in [0.29, 0.717) is 0 Å². The van der Waals surface area contributed by atoms with Gasteiger partial charge < -0.3 is 4.98 Å². The summed E-state index contributed by atoms with van der Waals surface area (Å²) in [6.07, 6.45) is 2.93. The molecule has 0 fully saturated rings. The van der Waals surface area contributed by atoms with Gasteiger partial charge in [0, 0.05) is 22.3 Å². The van der Waals surface area contributed by atoms with Crippen LogP contribution in [-0.4, -0.2) is 4.98 Å². The predicted molar refractivity (Wildman–Crippen MR) is 73.7 cm³/mol. The molecule has 1 unspecified atom stereocenters. The Labute approximate surface area is 107 Å². The van der Waals surface area contributed by atoms with Crippen molar-refractivity contribution >= 4 is 11.6 Å². The van der Waals surface area contributed by atoms with Crippen molar-refractivity contribution in [1.29, 1.82) is 0 Å². The van der Waals surface area contributed by atoms with Gasteiger partial charge in [-0.25, -0.2) is 0 Å². The van der Waals surface area contributed by atoms with Gasteiger partial charge in [0.25, 0.3) is 0 Å². The van der Waals surface area contributed by atoms with E-state index in [0.717, 1.165) is 22.7 Å². The number of aromatic nitrogens is 1. The van der Waals surface area contributed by atoms with E-state index in [4.69, 9.17) is 11.6 Å². The minimum Gasteiger partial charge on any atom is -0.362 e. The first-order chi connectivity index (χ1) is 8.26. The quantitative estimate of drug-likeness (QED) is 0.761. The summed E-state index contributed by atoms with van der Waals surface area (Å²) in [6.45, 7) is 6.04. The monoisotopic (exact) mass is 245 g/mol. The standard InChI is InChI=1S/C15H16ClN/c1-3-11-9-10-15(17-11)12(4-2)13-7-5-6-8-14(13)16/h4-10,12,17H,2-3H2,1H3. The molecule has 1 atom stereocenters. The number of benzene rings is 1. The lowest BCUT2D eigenvalue weighted by Gasteiger charge is -2.13. The second-order valence-electron chi connectivity index (χ2n) is 4.03. The van der Waals surface area contributed by atoms with Crippen molar-refractivity contribution in [3.63, 3.8) is 0 Å². The summed E-state index contributed by atoms with van der Waals surface area (Å²) in [7, 11) is 0. The van der Waals surface area contributed by atoms with Crippen LogP contribution in [0.1, 0.15) is 29.8 Å². The Morgan fingerprint density at radius 3 is 2.65 bits per heavy atom. The van der Waals surface area contributed by atoms with Crippen molar-refractivity contribution < 1.29 is 0 Å². The molecule has 1 aromatic heterocycles. The maximum absolute atomic E-state index is 6.23. The first-order valence-electron chi connectivity index (χ1n) is 5.81. The molecule has 0 aliphatic carbocycles. The van der Waals surface area contributed by atoms with E-state index in [1.165, 1.54) is 5.69 Å². The lowest BCUT2D eigenvalue weighted by Crippen LogP contribution is -1.99. The highest BCUT2D eigenvalue weighted by Gasteiger charge is 2.14. The fourth-order valence-corrected chi connectivity index (χ4v) is 2.25. The summed E-state index contributed by atoms with van der Waals surface area (Å²) in [5.74, 6) is 0.129. The number of aromatic amines is 1. The van der Waals surface area contributed by atoms with Crippen molar-refractivity contribution in [3.05, 3.63) is 71.0 Å². The molecule has 0 aliphatic rings. The van der Waals surface area contributed by atoms with Crippen molar-refractivity contribution in [3.8, 4) is 0 Å². The van der Waals surface area contributed by atoms with Gasteiger partial charge in [0.15, 0.2) is 0 Å². The second-order valence-corrected chi connectivity index (χ2v) is 4.43. The Morgan fingerprint density at radius 2 is 2.06 bits per heavy atom. The average molecular weight is 246 g/mol. The van der Waals surface area contributed by atoms with Crippen molar-refractivity contribution in [2.24, 2.45) is 0 Å². The highest BCUT2D eigenvalue weighted by molar-refractivity contribution is 6.31. The molecule has 2 rings (SSSR count). The summed E-state index contributed by atoms with van der Waals surface area (Å²) < 4.78 is 0. The molecule has 0 spiro atoms. The van der Waals surface area contributed by atoms with Gasteiger partial charge in [-0.15, -0.1) is 6.58 Å². The largest absolute Gasteiger partial charge is 0.362 e. The van der Waals surface area contributed by atoms with Crippen molar-refractivity contribution in [2.75, 3.05) is 0 Å². The van der Waals surface area contributed by atoms with Crippen LogP contribution >= 0.6 is 11.6 Å². The molecule has 2 heteroatoms. The van der Waals surface area contributed by atoms with Crippen molar-refractivity contribution in [2.45, 2.75) is 19.3 Å². The van der Waals surface area contributed by atoms with Crippen LogP contribution in [0.3, 0.4) is 0 Å². The number of H-pyrrole nitrogens is 1. The minimum atomic E-state index is 0.129. The lowest BCUT2D eigenvalue weighted by atomic mass is 9.96. The molecule has 0 aliphatic heterocycles. The van der Waals surface area contributed by atoms with Crippen LogP contribution in [0.15, 0.2) is 49.1 Å². The zero-order valence-electron chi connectivity index (χ0n) is 9.91. The molecule has 0 radical (unpaired) electrons. The van der Waals surface area contributed by atoms with Crippen LogP contribution in [0.25, 0.3) is 0 Å². The molecule has 1 nitrogen and oxygen atoms in total. The van der Waals surface area contributed by atoms with Crippen LogP contribution in [-0.2, 0) is 6.42 Å². The summed E-state index contributed by atoms with van der Waals surface area (Å²) in [5, 5.41) is 0.782. The highest BCUT2D eigenvalue weighted by atomic mass is 35.5. The number of aryl methyl sites for hydroxylation is 1. The normalized spacial score (nSPS) is 12.4. The maximum atomic E-state index is 6.23. The molecule has 17 heavy (non-hydrogen) atoms. The Bertz CT molecular complexity index is 513. The molecule has 88 valence electrons. The molecule has 1 aromatic carbocycles.